The summed E-state index contributed by atoms with van der Waals surface area (Å²) in [6, 6.07) is 10.1. The largest absolute Gasteiger partial charge is 0.504 e. The van der Waals surface area contributed by atoms with Crippen LogP contribution in [0.3, 0.4) is 0 Å². The zero-order chi connectivity index (χ0) is 24.7. The average molecular weight is 483 g/mol. The number of anilines is 1. The van der Waals surface area contributed by atoms with Crippen LogP contribution in [0.15, 0.2) is 54.0 Å². The smallest absolute Gasteiger partial charge is 0.294 e. The molecule has 2 N–H and O–H groups in total. The third-order valence-corrected chi connectivity index (χ3v) is 5.67. The van der Waals surface area contributed by atoms with Crippen molar-refractivity contribution in [2.24, 2.45) is 0 Å². The van der Waals surface area contributed by atoms with Gasteiger partial charge in [-0.05, 0) is 80.1 Å². The highest BCUT2D eigenvalue weighted by atomic mass is 32.2. The van der Waals surface area contributed by atoms with Crippen LogP contribution in [-0.2, 0) is 16.0 Å². The van der Waals surface area contributed by atoms with Crippen molar-refractivity contribution in [3.8, 4) is 17.2 Å². The monoisotopic (exact) mass is 482 g/mol. The number of allylic oxidation sites excluding steroid dienone is 1. The number of phenolic OH excluding ortho intramolecular Hbond substituents is 1. The Hall–Kier alpha value is -3.72. The van der Waals surface area contributed by atoms with Crippen molar-refractivity contribution in [1.82, 2.24) is 4.90 Å². The van der Waals surface area contributed by atoms with E-state index in [0.717, 1.165) is 16.7 Å². The van der Waals surface area contributed by atoms with Gasteiger partial charge in [0.15, 0.2) is 11.5 Å². The van der Waals surface area contributed by atoms with Gasteiger partial charge in [0, 0.05) is 11.3 Å². The number of amides is 3. The Labute approximate surface area is 202 Å². The van der Waals surface area contributed by atoms with Gasteiger partial charge in [0.2, 0.25) is 5.91 Å². The van der Waals surface area contributed by atoms with Gasteiger partial charge >= 0.3 is 0 Å². The number of hydrogen-bond acceptors (Lipinski definition) is 7. The number of carbonyl (C=O) groups is 3. The molecule has 0 atom stereocenters. The molecule has 1 aliphatic heterocycles. The number of imide groups is 1. The van der Waals surface area contributed by atoms with Gasteiger partial charge in [0.1, 0.15) is 12.3 Å². The lowest BCUT2D eigenvalue weighted by Crippen LogP contribution is -2.36. The van der Waals surface area contributed by atoms with E-state index in [-0.39, 0.29) is 16.4 Å². The molecule has 34 heavy (non-hydrogen) atoms. The Bertz CT molecular complexity index is 1130. The number of thioether (sulfide) groups is 1. The van der Waals surface area contributed by atoms with Crippen LogP contribution >= 0.6 is 11.8 Å². The topological polar surface area (TPSA) is 105 Å². The van der Waals surface area contributed by atoms with E-state index >= 15 is 0 Å². The summed E-state index contributed by atoms with van der Waals surface area (Å²) < 4.78 is 10.8. The molecule has 0 unspecified atom stereocenters. The average Bonchev–Trinajstić information content (AvgIpc) is 3.06. The van der Waals surface area contributed by atoms with E-state index in [1.807, 2.05) is 6.92 Å². The lowest BCUT2D eigenvalue weighted by atomic mass is 10.1. The highest BCUT2D eigenvalue weighted by molar-refractivity contribution is 8.18. The molecule has 0 bridgehead atoms. The fourth-order valence-corrected chi connectivity index (χ4v) is 4.12. The molecule has 0 aliphatic carbocycles. The number of ether oxygens (including phenoxy) is 2. The van der Waals surface area contributed by atoms with Crippen molar-refractivity contribution >= 4 is 40.6 Å². The SMILES string of the molecule is C=CCc1cc(C=C2SC(=O)N(CC(=O)Nc3ccc(OCC)cc3)C2=O)cc(OCC)c1O. The number of aromatic hydroxyl groups is 1. The summed E-state index contributed by atoms with van der Waals surface area (Å²) in [6.45, 7) is 7.83. The maximum atomic E-state index is 12.8. The van der Waals surface area contributed by atoms with E-state index in [0.29, 0.717) is 42.2 Å². The molecule has 1 fully saturated rings. The molecule has 178 valence electrons. The van der Waals surface area contributed by atoms with E-state index in [1.165, 1.54) is 0 Å². The summed E-state index contributed by atoms with van der Waals surface area (Å²) in [5.74, 6) is -0.0908. The summed E-state index contributed by atoms with van der Waals surface area (Å²) in [4.78, 5) is 38.8. The summed E-state index contributed by atoms with van der Waals surface area (Å²) in [6.07, 6.45) is 3.59. The molecular weight excluding hydrogens is 456 g/mol. The van der Waals surface area contributed by atoms with Crippen LogP contribution in [-0.4, -0.2) is 46.8 Å². The Balaban J connectivity index is 1.73. The van der Waals surface area contributed by atoms with Gasteiger partial charge < -0.3 is 19.9 Å². The van der Waals surface area contributed by atoms with Gasteiger partial charge in [-0.2, -0.15) is 0 Å². The minimum absolute atomic E-state index is 0.0120. The number of hydrogen-bond donors (Lipinski definition) is 2. The van der Waals surface area contributed by atoms with Crippen molar-refractivity contribution in [2.75, 3.05) is 25.1 Å². The second-order valence-corrected chi connectivity index (χ2v) is 8.22. The Morgan fingerprint density at radius 1 is 1.15 bits per heavy atom. The highest BCUT2D eigenvalue weighted by Crippen LogP contribution is 2.36. The number of rotatable bonds is 10. The third-order valence-electron chi connectivity index (χ3n) is 4.76. The number of nitrogens with one attached hydrogen (secondary N) is 1. The molecular formula is C25H26N2O6S. The fraction of sp³-hybridized carbons (Fsp3) is 0.240. The van der Waals surface area contributed by atoms with E-state index in [1.54, 1.807) is 55.5 Å². The van der Waals surface area contributed by atoms with Crippen molar-refractivity contribution in [2.45, 2.75) is 20.3 Å². The van der Waals surface area contributed by atoms with Gasteiger partial charge in [0.25, 0.3) is 11.1 Å². The lowest BCUT2D eigenvalue weighted by Gasteiger charge is -2.13. The van der Waals surface area contributed by atoms with Gasteiger partial charge in [-0.3, -0.25) is 19.3 Å². The zero-order valence-electron chi connectivity index (χ0n) is 19.0. The van der Waals surface area contributed by atoms with Crippen LogP contribution in [0, 0.1) is 0 Å². The summed E-state index contributed by atoms with van der Waals surface area (Å²) in [7, 11) is 0. The first-order valence-corrected chi connectivity index (χ1v) is 11.6. The summed E-state index contributed by atoms with van der Waals surface area (Å²) in [5.41, 5.74) is 1.70. The van der Waals surface area contributed by atoms with Crippen molar-refractivity contribution < 1.29 is 29.0 Å². The zero-order valence-corrected chi connectivity index (χ0v) is 19.8. The minimum atomic E-state index is -0.562. The molecule has 1 heterocycles. The van der Waals surface area contributed by atoms with Gasteiger partial charge in [0.05, 0.1) is 18.1 Å². The molecule has 0 radical (unpaired) electrons. The van der Waals surface area contributed by atoms with Crippen LogP contribution < -0.4 is 14.8 Å². The summed E-state index contributed by atoms with van der Waals surface area (Å²) in [5, 5.41) is 12.5. The Morgan fingerprint density at radius 3 is 2.50 bits per heavy atom. The molecule has 0 saturated carbocycles. The second-order valence-electron chi connectivity index (χ2n) is 7.23. The van der Waals surface area contributed by atoms with Crippen LogP contribution in [0.1, 0.15) is 25.0 Å². The minimum Gasteiger partial charge on any atom is -0.504 e. The van der Waals surface area contributed by atoms with Crippen molar-refractivity contribution in [1.29, 1.82) is 0 Å². The maximum absolute atomic E-state index is 12.8. The lowest BCUT2D eigenvalue weighted by molar-refractivity contribution is -0.127. The van der Waals surface area contributed by atoms with Crippen molar-refractivity contribution in [3.05, 3.63) is 65.1 Å². The molecule has 0 aromatic heterocycles. The molecule has 9 heteroatoms. The van der Waals surface area contributed by atoms with Crippen molar-refractivity contribution in [3.63, 3.8) is 0 Å². The van der Waals surface area contributed by atoms with E-state index in [9.17, 15) is 19.5 Å². The van der Waals surface area contributed by atoms with Gasteiger partial charge in [-0.25, -0.2) is 0 Å². The number of nitrogens with zero attached hydrogens (tertiary/aromatic N) is 1. The quantitative estimate of drug-likeness (QED) is 0.377. The van der Waals surface area contributed by atoms with Crippen LogP contribution in [0.25, 0.3) is 6.08 Å². The van der Waals surface area contributed by atoms with Crippen LogP contribution in [0.5, 0.6) is 17.2 Å². The van der Waals surface area contributed by atoms with E-state index < -0.39 is 23.6 Å². The first-order valence-electron chi connectivity index (χ1n) is 10.7. The second kappa shape index (κ2) is 11.4. The maximum Gasteiger partial charge on any atom is 0.294 e. The predicted molar refractivity (Wildman–Crippen MR) is 132 cm³/mol. The third kappa shape index (κ3) is 5.99. The molecule has 8 nitrogen and oxygen atoms in total. The summed E-state index contributed by atoms with van der Waals surface area (Å²) >= 11 is 0.753. The fourth-order valence-electron chi connectivity index (χ4n) is 3.28. The Kier molecular flexibility index (Phi) is 8.37. The molecule has 3 amide bonds. The number of carbonyl (C=O) groups excluding carboxylic acids is 3. The highest BCUT2D eigenvalue weighted by Gasteiger charge is 2.36. The number of benzene rings is 2. The molecule has 1 saturated heterocycles. The molecule has 0 spiro atoms. The van der Waals surface area contributed by atoms with Crippen LogP contribution in [0.2, 0.25) is 0 Å². The van der Waals surface area contributed by atoms with E-state index in [2.05, 4.69) is 11.9 Å². The first kappa shape index (κ1) is 24.9. The van der Waals surface area contributed by atoms with Gasteiger partial charge in [-0.1, -0.05) is 6.08 Å². The predicted octanol–water partition coefficient (Wildman–Crippen LogP) is 4.59. The normalized spacial score (nSPS) is 14.4. The molecule has 3 rings (SSSR count). The first-order chi connectivity index (χ1) is 16.4. The van der Waals surface area contributed by atoms with Gasteiger partial charge in [-0.15, -0.1) is 6.58 Å². The Morgan fingerprint density at radius 2 is 1.85 bits per heavy atom. The molecule has 1 aliphatic rings. The standard InChI is InChI=1S/C25H26N2O6S/c1-4-7-17-12-16(13-20(23(17)29)33-6-3)14-21-24(30)27(25(31)34-21)15-22(28)26-18-8-10-19(11-9-18)32-5-2/h4,8-14,29H,1,5-7,15H2,2-3H3,(H,26,28). The van der Waals surface area contributed by atoms with E-state index in [4.69, 9.17) is 9.47 Å². The molecule has 2 aromatic rings. The molecule has 2 aromatic carbocycles. The number of phenols is 1. The van der Waals surface area contributed by atoms with Crippen LogP contribution in [0.4, 0.5) is 10.5 Å².